The number of aliphatic hydroxyl groups is 1. The first kappa shape index (κ1) is 33.6. The van der Waals surface area contributed by atoms with E-state index in [0.717, 1.165) is 28.8 Å². The Morgan fingerprint density at radius 1 is 0.956 bits per heavy atom. The normalized spacial score (nSPS) is 13.2. The number of benzene rings is 2. The topological polar surface area (TPSA) is 163 Å². The van der Waals surface area contributed by atoms with Crippen molar-refractivity contribution in [2.24, 2.45) is 0 Å². The van der Waals surface area contributed by atoms with Gasteiger partial charge in [0.2, 0.25) is 21.9 Å². The third kappa shape index (κ3) is 6.57. The van der Waals surface area contributed by atoms with Crippen molar-refractivity contribution in [3.63, 3.8) is 0 Å². The van der Waals surface area contributed by atoms with E-state index < -0.39 is 41.9 Å². The van der Waals surface area contributed by atoms with Crippen LogP contribution in [0.25, 0.3) is 17.2 Å². The summed E-state index contributed by atoms with van der Waals surface area (Å²) < 4.78 is 86.6. The Labute approximate surface area is 261 Å². The summed E-state index contributed by atoms with van der Waals surface area (Å²) in [5, 5.41) is 18.3. The fourth-order valence-electron chi connectivity index (χ4n) is 4.75. The van der Waals surface area contributed by atoms with Crippen molar-refractivity contribution >= 4 is 25.8 Å². The van der Waals surface area contributed by atoms with Crippen molar-refractivity contribution in [2.75, 3.05) is 38.4 Å². The van der Waals surface area contributed by atoms with Crippen LogP contribution >= 0.6 is 0 Å². The van der Waals surface area contributed by atoms with Crippen LogP contribution in [0.2, 0.25) is 0 Å². The van der Waals surface area contributed by atoms with E-state index >= 15 is 0 Å². The summed E-state index contributed by atoms with van der Waals surface area (Å²) in [5.74, 6) is -0.0515. The maximum atomic E-state index is 14.4. The highest BCUT2D eigenvalue weighted by atomic mass is 32.2. The van der Waals surface area contributed by atoms with Crippen LogP contribution in [0.1, 0.15) is 31.9 Å². The average Bonchev–Trinajstić information content (AvgIpc) is 3.45. The molecule has 0 unspecified atom stereocenters. The molecule has 0 saturated heterocycles. The van der Waals surface area contributed by atoms with Crippen molar-refractivity contribution in [3.8, 4) is 34.6 Å². The van der Waals surface area contributed by atoms with Gasteiger partial charge >= 0.3 is 0 Å². The maximum absolute atomic E-state index is 14.4. The average molecular weight is 664 g/mol. The monoisotopic (exact) mass is 663 g/mol. The SMILES string of the molecule is CCCN(c1nnc(-c2cccc(OC)n2)n1-c1c(OC)cccc1OC)S(=O)(=O)[C@H](C)[C@@H](O)c1ccc(F)cc1S(C)(=O)=O. The number of ether oxygens (including phenoxy) is 3. The molecule has 0 aliphatic heterocycles. The molecule has 2 atom stereocenters. The van der Waals surface area contributed by atoms with E-state index in [9.17, 15) is 26.3 Å². The summed E-state index contributed by atoms with van der Waals surface area (Å²) in [7, 11) is -4.25. The van der Waals surface area contributed by atoms with Crippen molar-refractivity contribution in [1.82, 2.24) is 19.7 Å². The molecule has 0 saturated carbocycles. The van der Waals surface area contributed by atoms with Gasteiger partial charge in [0.1, 0.15) is 33.9 Å². The van der Waals surface area contributed by atoms with Gasteiger partial charge in [-0.3, -0.25) is 4.57 Å². The van der Waals surface area contributed by atoms with Gasteiger partial charge in [-0.05, 0) is 43.7 Å². The first-order chi connectivity index (χ1) is 21.3. The van der Waals surface area contributed by atoms with Gasteiger partial charge in [-0.1, -0.05) is 25.1 Å². The zero-order valence-corrected chi connectivity index (χ0v) is 27.1. The van der Waals surface area contributed by atoms with E-state index in [1.807, 2.05) is 0 Å². The van der Waals surface area contributed by atoms with Crippen molar-refractivity contribution in [1.29, 1.82) is 0 Å². The summed E-state index contributed by atoms with van der Waals surface area (Å²) in [6, 6.07) is 12.7. The van der Waals surface area contributed by atoms with Gasteiger partial charge in [0.15, 0.2) is 15.7 Å². The smallest absolute Gasteiger partial charge is 0.246 e. The summed E-state index contributed by atoms with van der Waals surface area (Å²) in [6.45, 7) is 2.87. The number of aromatic nitrogens is 4. The van der Waals surface area contributed by atoms with Gasteiger partial charge < -0.3 is 19.3 Å². The van der Waals surface area contributed by atoms with E-state index in [4.69, 9.17) is 14.2 Å². The fraction of sp³-hybridized carbons (Fsp3) is 0.345. The Kier molecular flexibility index (Phi) is 9.99. The molecule has 0 fully saturated rings. The molecule has 2 aromatic heterocycles. The van der Waals surface area contributed by atoms with Gasteiger partial charge in [-0.2, -0.15) is 0 Å². The minimum absolute atomic E-state index is 0.108. The first-order valence-corrected chi connectivity index (χ1v) is 17.1. The van der Waals surface area contributed by atoms with E-state index in [0.29, 0.717) is 17.9 Å². The zero-order chi connectivity index (χ0) is 33.1. The number of aliphatic hydroxyl groups excluding tert-OH is 1. The minimum atomic E-state index is -4.54. The predicted octanol–water partition coefficient (Wildman–Crippen LogP) is 3.57. The number of methoxy groups -OCH3 is 3. The molecule has 4 aromatic rings. The quantitative estimate of drug-likeness (QED) is 0.223. The van der Waals surface area contributed by atoms with E-state index in [1.165, 1.54) is 32.8 Å². The van der Waals surface area contributed by atoms with Gasteiger partial charge in [-0.25, -0.2) is 30.5 Å². The number of sulfone groups is 1. The van der Waals surface area contributed by atoms with Crippen molar-refractivity contribution in [3.05, 3.63) is 66.0 Å². The van der Waals surface area contributed by atoms with Crippen molar-refractivity contribution in [2.45, 2.75) is 36.5 Å². The first-order valence-electron chi connectivity index (χ1n) is 13.7. The highest BCUT2D eigenvalue weighted by Crippen LogP contribution is 2.40. The molecule has 0 aliphatic rings. The molecule has 2 aromatic carbocycles. The zero-order valence-electron chi connectivity index (χ0n) is 25.5. The molecule has 0 aliphatic carbocycles. The lowest BCUT2D eigenvalue weighted by Gasteiger charge is -2.30. The standard InChI is InChI=1S/C29H34FN5O8S2/c1-7-16-34(45(39,40)18(2)27(36)20-15-14-19(30)17-24(20)44(6,37)38)29-33-32-28(21-10-8-13-25(31-21)43-5)35(29)26-22(41-3)11-9-12-23(26)42-4/h8-15,17-18,27,36H,7,16H2,1-6H3/t18-,27-/m1/s1. The number of hydrogen-bond acceptors (Lipinski definition) is 11. The number of nitrogens with zero attached hydrogens (tertiary/aromatic N) is 5. The number of para-hydroxylation sites is 1. The van der Waals surface area contributed by atoms with Crippen LogP contribution in [0, 0.1) is 5.82 Å². The van der Waals surface area contributed by atoms with Crippen LogP contribution in [-0.4, -0.2) is 81.1 Å². The molecule has 13 nitrogen and oxygen atoms in total. The number of hydrogen-bond donors (Lipinski definition) is 1. The molecule has 2 heterocycles. The van der Waals surface area contributed by atoms with Gasteiger partial charge in [-0.15, -0.1) is 10.2 Å². The van der Waals surface area contributed by atoms with Crippen LogP contribution in [0.3, 0.4) is 0 Å². The van der Waals surface area contributed by atoms with E-state index in [1.54, 1.807) is 43.3 Å². The van der Waals surface area contributed by atoms with Gasteiger partial charge in [0, 0.05) is 24.4 Å². The highest BCUT2D eigenvalue weighted by Gasteiger charge is 2.39. The van der Waals surface area contributed by atoms with Crippen LogP contribution in [0.4, 0.5) is 10.3 Å². The molecule has 0 bridgehead atoms. The van der Waals surface area contributed by atoms with Crippen LogP contribution in [0.5, 0.6) is 17.4 Å². The Morgan fingerprint density at radius 3 is 2.18 bits per heavy atom. The number of sulfonamides is 1. The molecular weight excluding hydrogens is 629 g/mol. The number of halogens is 1. The third-order valence-electron chi connectivity index (χ3n) is 7.00. The summed E-state index contributed by atoms with van der Waals surface area (Å²) >= 11 is 0. The van der Waals surface area contributed by atoms with Crippen LogP contribution < -0.4 is 18.5 Å². The maximum Gasteiger partial charge on any atom is 0.246 e. The predicted molar refractivity (Wildman–Crippen MR) is 165 cm³/mol. The lowest BCUT2D eigenvalue weighted by molar-refractivity contribution is 0.172. The minimum Gasteiger partial charge on any atom is -0.494 e. The lowest BCUT2D eigenvalue weighted by atomic mass is 10.1. The summed E-state index contributed by atoms with van der Waals surface area (Å²) in [4.78, 5) is 3.94. The van der Waals surface area contributed by atoms with E-state index in [-0.39, 0.29) is 41.1 Å². The third-order valence-corrected chi connectivity index (χ3v) is 10.3. The largest absolute Gasteiger partial charge is 0.494 e. The Morgan fingerprint density at radius 2 is 1.60 bits per heavy atom. The number of anilines is 1. The van der Waals surface area contributed by atoms with E-state index in [2.05, 4.69) is 15.2 Å². The van der Waals surface area contributed by atoms with Crippen LogP contribution in [-0.2, 0) is 19.9 Å². The Bertz CT molecular complexity index is 1880. The van der Waals surface area contributed by atoms with Gasteiger partial charge in [0.25, 0.3) is 0 Å². The summed E-state index contributed by atoms with van der Waals surface area (Å²) in [5.41, 5.74) is 0.289. The second-order valence-electron chi connectivity index (χ2n) is 9.96. The number of rotatable bonds is 13. The highest BCUT2D eigenvalue weighted by molar-refractivity contribution is 7.93. The van der Waals surface area contributed by atoms with Gasteiger partial charge in [0.05, 0.1) is 32.3 Å². The molecule has 4 rings (SSSR count). The molecule has 242 valence electrons. The molecular formula is C29H34FN5O8S2. The fourth-order valence-corrected chi connectivity index (χ4v) is 7.35. The molecule has 0 radical (unpaired) electrons. The Hall–Kier alpha value is -4.28. The molecule has 0 spiro atoms. The second kappa shape index (κ2) is 13.4. The molecule has 0 amide bonds. The van der Waals surface area contributed by atoms with Crippen LogP contribution in [0.15, 0.2) is 59.5 Å². The lowest BCUT2D eigenvalue weighted by Crippen LogP contribution is -2.42. The molecule has 45 heavy (non-hydrogen) atoms. The second-order valence-corrected chi connectivity index (χ2v) is 14.2. The Balaban J connectivity index is 1.97. The molecule has 1 N–H and O–H groups in total. The van der Waals surface area contributed by atoms with Crippen molar-refractivity contribution < 1.29 is 40.5 Å². The molecule has 16 heteroatoms. The number of pyridine rings is 1. The summed E-state index contributed by atoms with van der Waals surface area (Å²) in [6.07, 6.45) is -0.704.